The van der Waals surface area contributed by atoms with Gasteiger partial charge in [-0.1, -0.05) is 19.9 Å². The minimum Gasteiger partial charge on any atom is -0.356 e. The summed E-state index contributed by atoms with van der Waals surface area (Å²) in [6, 6.07) is 6.28. The van der Waals surface area contributed by atoms with Crippen LogP contribution in [-0.2, 0) is 13.6 Å². The molecule has 0 saturated heterocycles. The SMILES string of the molecule is CN=C(NCC(c1cccnc1)C(C)C)N(C)Cc1cc(Br)cn1C. The van der Waals surface area contributed by atoms with Crippen molar-refractivity contribution in [2.45, 2.75) is 26.3 Å². The molecule has 0 fully saturated rings. The van der Waals surface area contributed by atoms with Crippen molar-refractivity contribution in [1.82, 2.24) is 19.8 Å². The van der Waals surface area contributed by atoms with Crippen LogP contribution in [0.3, 0.4) is 0 Å². The Labute approximate surface area is 159 Å². The molecule has 0 aromatic carbocycles. The molecule has 1 N–H and O–H groups in total. The van der Waals surface area contributed by atoms with Crippen molar-refractivity contribution in [2.24, 2.45) is 18.0 Å². The molecule has 0 amide bonds. The highest BCUT2D eigenvalue weighted by atomic mass is 79.9. The number of nitrogens with zero attached hydrogens (tertiary/aromatic N) is 4. The lowest BCUT2D eigenvalue weighted by Gasteiger charge is -2.26. The quantitative estimate of drug-likeness (QED) is 0.589. The fourth-order valence-electron chi connectivity index (χ4n) is 2.96. The number of aryl methyl sites for hydroxylation is 1. The average Bonchev–Trinajstić information content (AvgIpc) is 2.89. The number of hydrogen-bond acceptors (Lipinski definition) is 2. The van der Waals surface area contributed by atoms with Gasteiger partial charge in [-0.3, -0.25) is 9.98 Å². The van der Waals surface area contributed by atoms with Crippen molar-refractivity contribution >= 4 is 21.9 Å². The number of rotatable bonds is 6. The van der Waals surface area contributed by atoms with Crippen LogP contribution in [0.25, 0.3) is 0 Å². The highest BCUT2D eigenvalue weighted by Crippen LogP contribution is 2.23. The zero-order valence-electron chi connectivity index (χ0n) is 15.7. The number of aromatic nitrogens is 2. The van der Waals surface area contributed by atoms with Crippen LogP contribution in [-0.4, -0.2) is 41.1 Å². The molecule has 0 spiro atoms. The number of guanidine groups is 1. The van der Waals surface area contributed by atoms with E-state index in [2.05, 4.69) is 87.0 Å². The van der Waals surface area contributed by atoms with E-state index in [1.165, 1.54) is 11.3 Å². The Morgan fingerprint density at radius 2 is 2.20 bits per heavy atom. The van der Waals surface area contributed by atoms with E-state index in [0.717, 1.165) is 23.5 Å². The Balaban J connectivity index is 2.02. The van der Waals surface area contributed by atoms with Crippen LogP contribution in [0.4, 0.5) is 0 Å². The predicted octanol–water partition coefficient (Wildman–Crippen LogP) is 3.63. The maximum atomic E-state index is 4.44. The number of pyridine rings is 1. The van der Waals surface area contributed by atoms with Crippen LogP contribution in [0.1, 0.15) is 31.0 Å². The van der Waals surface area contributed by atoms with Gasteiger partial charge >= 0.3 is 0 Å². The first-order chi connectivity index (χ1) is 11.9. The highest BCUT2D eigenvalue weighted by Gasteiger charge is 2.18. The molecule has 2 aromatic heterocycles. The van der Waals surface area contributed by atoms with Crippen molar-refractivity contribution in [2.75, 3.05) is 20.6 Å². The average molecular weight is 406 g/mol. The Morgan fingerprint density at radius 3 is 2.72 bits per heavy atom. The molecule has 136 valence electrons. The molecule has 2 rings (SSSR count). The highest BCUT2D eigenvalue weighted by molar-refractivity contribution is 9.10. The van der Waals surface area contributed by atoms with E-state index in [9.17, 15) is 0 Å². The summed E-state index contributed by atoms with van der Waals surface area (Å²) in [5, 5.41) is 3.52. The Hall–Kier alpha value is -1.82. The Morgan fingerprint density at radius 1 is 1.44 bits per heavy atom. The molecule has 0 aliphatic rings. The van der Waals surface area contributed by atoms with Crippen LogP contribution >= 0.6 is 15.9 Å². The molecule has 1 unspecified atom stereocenters. The van der Waals surface area contributed by atoms with Crippen LogP contribution in [0, 0.1) is 5.92 Å². The monoisotopic (exact) mass is 405 g/mol. The van der Waals surface area contributed by atoms with Gasteiger partial charge in [-0.15, -0.1) is 0 Å². The van der Waals surface area contributed by atoms with Crippen molar-refractivity contribution in [1.29, 1.82) is 0 Å². The van der Waals surface area contributed by atoms with E-state index >= 15 is 0 Å². The van der Waals surface area contributed by atoms with E-state index in [0.29, 0.717) is 11.8 Å². The third kappa shape index (κ3) is 5.33. The molecule has 0 aliphatic heterocycles. The first-order valence-electron chi connectivity index (χ1n) is 8.54. The molecular weight excluding hydrogens is 378 g/mol. The van der Waals surface area contributed by atoms with E-state index in [1.807, 2.05) is 25.5 Å². The van der Waals surface area contributed by atoms with Gasteiger partial charge in [0.2, 0.25) is 0 Å². The minimum absolute atomic E-state index is 0.392. The number of nitrogens with one attached hydrogen (secondary N) is 1. The van der Waals surface area contributed by atoms with Gasteiger partial charge in [0, 0.05) is 62.4 Å². The maximum absolute atomic E-state index is 4.44. The molecule has 25 heavy (non-hydrogen) atoms. The molecule has 0 radical (unpaired) electrons. The van der Waals surface area contributed by atoms with Crippen molar-refractivity contribution in [3.63, 3.8) is 0 Å². The van der Waals surface area contributed by atoms with E-state index in [1.54, 1.807) is 0 Å². The van der Waals surface area contributed by atoms with Gasteiger partial charge in [0.15, 0.2) is 5.96 Å². The molecule has 2 aromatic rings. The summed E-state index contributed by atoms with van der Waals surface area (Å²) in [4.78, 5) is 10.8. The lowest BCUT2D eigenvalue weighted by molar-refractivity contribution is 0.439. The number of halogens is 1. The summed E-state index contributed by atoms with van der Waals surface area (Å²) in [6.07, 6.45) is 5.84. The number of aliphatic imine (C=N–C) groups is 1. The van der Waals surface area contributed by atoms with Crippen LogP contribution in [0.15, 0.2) is 46.3 Å². The van der Waals surface area contributed by atoms with E-state index in [-0.39, 0.29) is 0 Å². The van der Waals surface area contributed by atoms with Gasteiger partial charge in [-0.05, 0) is 39.5 Å². The van der Waals surface area contributed by atoms with Gasteiger partial charge in [-0.25, -0.2) is 0 Å². The summed E-state index contributed by atoms with van der Waals surface area (Å²) in [6.45, 7) is 6.11. The fourth-order valence-corrected chi connectivity index (χ4v) is 3.53. The van der Waals surface area contributed by atoms with E-state index < -0.39 is 0 Å². The topological polar surface area (TPSA) is 45.5 Å². The normalized spacial score (nSPS) is 13.2. The molecule has 6 heteroatoms. The third-order valence-electron chi connectivity index (χ3n) is 4.44. The second-order valence-corrected chi connectivity index (χ2v) is 7.60. The Bertz CT molecular complexity index is 693. The zero-order chi connectivity index (χ0) is 18.4. The summed E-state index contributed by atoms with van der Waals surface area (Å²) in [5.41, 5.74) is 2.49. The maximum Gasteiger partial charge on any atom is 0.193 e. The van der Waals surface area contributed by atoms with Gasteiger partial charge in [0.05, 0.1) is 6.54 Å². The van der Waals surface area contributed by atoms with Crippen molar-refractivity contribution in [3.05, 3.63) is 52.5 Å². The van der Waals surface area contributed by atoms with Crippen LogP contribution in [0.2, 0.25) is 0 Å². The van der Waals surface area contributed by atoms with Gasteiger partial charge in [0.25, 0.3) is 0 Å². The molecule has 0 aliphatic carbocycles. The smallest absolute Gasteiger partial charge is 0.193 e. The lowest BCUT2D eigenvalue weighted by Crippen LogP contribution is -2.41. The van der Waals surface area contributed by atoms with Gasteiger partial charge < -0.3 is 14.8 Å². The van der Waals surface area contributed by atoms with Crippen molar-refractivity contribution in [3.8, 4) is 0 Å². The minimum atomic E-state index is 0.392. The summed E-state index contributed by atoms with van der Waals surface area (Å²) >= 11 is 3.53. The van der Waals surface area contributed by atoms with Gasteiger partial charge in [0.1, 0.15) is 0 Å². The third-order valence-corrected chi connectivity index (χ3v) is 4.88. The first kappa shape index (κ1) is 19.5. The fraction of sp³-hybridized carbons (Fsp3) is 0.474. The largest absolute Gasteiger partial charge is 0.356 e. The predicted molar refractivity (Wildman–Crippen MR) is 108 cm³/mol. The van der Waals surface area contributed by atoms with Gasteiger partial charge in [-0.2, -0.15) is 0 Å². The van der Waals surface area contributed by atoms with E-state index in [4.69, 9.17) is 0 Å². The molecular formula is C19H28BrN5. The number of hydrogen-bond donors (Lipinski definition) is 1. The first-order valence-corrected chi connectivity index (χ1v) is 9.34. The van der Waals surface area contributed by atoms with Crippen molar-refractivity contribution < 1.29 is 0 Å². The molecule has 0 saturated carbocycles. The second kappa shape index (κ2) is 9.04. The zero-order valence-corrected chi connectivity index (χ0v) is 17.3. The molecule has 5 nitrogen and oxygen atoms in total. The van der Waals surface area contributed by atoms with Crippen LogP contribution < -0.4 is 5.32 Å². The standard InChI is InChI=1S/C19H28BrN5/c1-14(2)18(15-7-6-8-22-10-15)11-23-19(21-3)25(5)13-17-9-16(20)12-24(17)4/h6-10,12,14,18H,11,13H2,1-5H3,(H,21,23). The summed E-state index contributed by atoms with van der Waals surface area (Å²) < 4.78 is 3.22. The van der Waals surface area contributed by atoms with Crippen LogP contribution in [0.5, 0.6) is 0 Å². The molecule has 0 bridgehead atoms. The Kier molecular flexibility index (Phi) is 7.05. The molecule has 2 heterocycles. The summed E-state index contributed by atoms with van der Waals surface area (Å²) in [5.74, 6) is 1.80. The molecule has 1 atom stereocenters. The second-order valence-electron chi connectivity index (χ2n) is 6.68. The lowest BCUT2D eigenvalue weighted by atomic mass is 9.89. The summed E-state index contributed by atoms with van der Waals surface area (Å²) in [7, 11) is 5.94.